The van der Waals surface area contributed by atoms with Crippen molar-refractivity contribution in [2.24, 2.45) is 0 Å². The fraction of sp³-hybridized carbons (Fsp3) is 0.235. The van der Waals surface area contributed by atoms with Gasteiger partial charge in [0.15, 0.2) is 0 Å². The molecule has 0 spiro atoms. The second-order valence-corrected chi connectivity index (χ2v) is 6.99. The molecule has 0 unspecified atom stereocenters. The maximum Gasteiger partial charge on any atom is 0.261 e. The molecule has 0 aliphatic carbocycles. The standard InChI is InChI=1S/C17H18N2O3S/c1-13(2)22-12-15-6-4-8-17(10-15)23(20,21)19-16-7-3-5-14(9-16)11-18/h3-10,13,19H,12H2,1-2H3. The summed E-state index contributed by atoms with van der Waals surface area (Å²) in [5.74, 6) is 0. The first-order chi connectivity index (χ1) is 10.9. The van der Waals surface area contributed by atoms with Gasteiger partial charge in [-0.3, -0.25) is 4.72 Å². The predicted molar refractivity (Wildman–Crippen MR) is 88.3 cm³/mol. The average Bonchev–Trinajstić information content (AvgIpc) is 2.53. The van der Waals surface area contributed by atoms with Crippen molar-refractivity contribution in [3.63, 3.8) is 0 Å². The summed E-state index contributed by atoms with van der Waals surface area (Å²) in [7, 11) is -3.71. The Balaban J connectivity index is 2.22. The van der Waals surface area contributed by atoms with Crippen LogP contribution in [0.3, 0.4) is 0 Å². The first kappa shape index (κ1) is 17.0. The van der Waals surface area contributed by atoms with Gasteiger partial charge in [0.2, 0.25) is 0 Å². The van der Waals surface area contributed by atoms with E-state index in [9.17, 15) is 8.42 Å². The maximum absolute atomic E-state index is 12.5. The number of hydrogen-bond acceptors (Lipinski definition) is 4. The van der Waals surface area contributed by atoms with E-state index in [1.807, 2.05) is 26.0 Å². The number of anilines is 1. The molecule has 6 heteroatoms. The Bertz CT molecular complexity index is 824. The SMILES string of the molecule is CC(C)OCc1cccc(S(=O)(=O)Nc2cccc(C#N)c2)c1. The number of ether oxygens (including phenoxy) is 1. The molecule has 2 rings (SSSR count). The molecule has 0 aliphatic heterocycles. The number of benzene rings is 2. The van der Waals surface area contributed by atoms with Gasteiger partial charge in [-0.15, -0.1) is 0 Å². The van der Waals surface area contributed by atoms with E-state index in [1.165, 1.54) is 12.1 Å². The third-order valence-electron chi connectivity index (χ3n) is 3.04. The molecule has 2 aromatic carbocycles. The van der Waals surface area contributed by atoms with Crippen LogP contribution in [0.25, 0.3) is 0 Å². The van der Waals surface area contributed by atoms with E-state index < -0.39 is 10.0 Å². The first-order valence-corrected chi connectivity index (χ1v) is 8.62. The summed E-state index contributed by atoms with van der Waals surface area (Å²) in [6, 6.07) is 14.9. The Labute approximate surface area is 136 Å². The van der Waals surface area contributed by atoms with Crippen molar-refractivity contribution >= 4 is 15.7 Å². The van der Waals surface area contributed by atoms with Crippen LogP contribution in [-0.4, -0.2) is 14.5 Å². The highest BCUT2D eigenvalue weighted by atomic mass is 32.2. The Hall–Kier alpha value is -2.36. The molecule has 0 heterocycles. The van der Waals surface area contributed by atoms with Crippen molar-refractivity contribution in [2.45, 2.75) is 31.5 Å². The highest BCUT2D eigenvalue weighted by molar-refractivity contribution is 7.92. The lowest BCUT2D eigenvalue weighted by Crippen LogP contribution is -2.13. The van der Waals surface area contributed by atoms with E-state index in [2.05, 4.69) is 4.72 Å². The van der Waals surface area contributed by atoms with Gasteiger partial charge in [0.05, 0.1) is 34.9 Å². The van der Waals surface area contributed by atoms with E-state index in [0.717, 1.165) is 5.56 Å². The van der Waals surface area contributed by atoms with Gasteiger partial charge in [-0.2, -0.15) is 5.26 Å². The first-order valence-electron chi connectivity index (χ1n) is 7.14. The fourth-order valence-electron chi connectivity index (χ4n) is 1.93. The zero-order chi connectivity index (χ0) is 16.9. The highest BCUT2D eigenvalue weighted by Gasteiger charge is 2.15. The molecular formula is C17H18N2O3S. The van der Waals surface area contributed by atoms with E-state index in [-0.39, 0.29) is 11.0 Å². The normalized spacial score (nSPS) is 11.2. The van der Waals surface area contributed by atoms with Crippen LogP contribution in [0, 0.1) is 11.3 Å². The zero-order valence-electron chi connectivity index (χ0n) is 13.0. The van der Waals surface area contributed by atoms with Crippen LogP contribution in [0.5, 0.6) is 0 Å². The second kappa shape index (κ2) is 7.27. The van der Waals surface area contributed by atoms with Crippen molar-refractivity contribution < 1.29 is 13.2 Å². The van der Waals surface area contributed by atoms with Crippen LogP contribution < -0.4 is 4.72 Å². The van der Waals surface area contributed by atoms with Gasteiger partial charge in [-0.05, 0) is 49.7 Å². The molecule has 2 aromatic rings. The molecule has 0 saturated carbocycles. The molecule has 5 nitrogen and oxygen atoms in total. The summed E-state index contributed by atoms with van der Waals surface area (Å²) in [4.78, 5) is 0.157. The molecule has 0 amide bonds. The Kier molecular flexibility index (Phi) is 5.37. The van der Waals surface area contributed by atoms with Crippen molar-refractivity contribution in [2.75, 3.05) is 4.72 Å². The average molecular weight is 330 g/mol. The van der Waals surface area contributed by atoms with Crippen LogP contribution in [0.1, 0.15) is 25.0 Å². The van der Waals surface area contributed by atoms with E-state index >= 15 is 0 Å². The highest BCUT2D eigenvalue weighted by Crippen LogP contribution is 2.18. The largest absolute Gasteiger partial charge is 0.374 e. The van der Waals surface area contributed by atoms with Crippen LogP contribution in [-0.2, 0) is 21.4 Å². The lowest BCUT2D eigenvalue weighted by Gasteiger charge is -2.11. The third kappa shape index (κ3) is 4.81. The van der Waals surface area contributed by atoms with Crippen LogP contribution in [0.4, 0.5) is 5.69 Å². The number of nitriles is 1. The van der Waals surface area contributed by atoms with Crippen molar-refractivity contribution in [1.82, 2.24) is 0 Å². The summed E-state index contributed by atoms with van der Waals surface area (Å²) < 4.78 is 32.9. The van der Waals surface area contributed by atoms with Gasteiger partial charge in [0.1, 0.15) is 0 Å². The monoisotopic (exact) mass is 330 g/mol. The number of nitrogens with zero attached hydrogens (tertiary/aromatic N) is 1. The summed E-state index contributed by atoms with van der Waals surface area (Å²) in [5, 5.41) is 8.88. The topological polar surface area (TPSA) is 79.2 Å². The van der Waals surface area contributed by atoms with Gasteiger partial charge in [-0.25, -0.2) is 8.42 Å². The summed E-state index contributed by atoms with van der Waals surface area (Å²) in [6.07, 6.45) is 0.0714. The minimum Gasteiger partial charge on any atom is -0.374 e. The Morgan fingerprint density at radius 2 is 1.91 bits per heavy atom. The van der Waals surface area contributed by atoms with Gasteiger partial charge >= 0.3 is 0 Å². The molecule has 120 valence electrons. The molecule has 0 fully saturated rings. The predicted octanol–water partition coefficient (Wildman–Crippen LogP) is 3.28. The van der Waals surface area contributed by atoms with Crippen LogP contribution in [0.15, 0.2) is 53.4 Å². The van der Waals surface area contributed by atoms with Gasteiger partial charge < -0.3 is 4.74 Å². The number of nitrogens with one attached hydrogen (secondary N) is 1. The molecule has 1 N–H and O–H groups in total. The Morgan fingerprint density at radius 1 is 1.17 bits per heavy atom. The second-order valence-electron chi connectivity index (χ2n) is 5.31. The van der Waals surface area contributed by atoms with Gasteiger partial charge in [-0.1, -0.05) is 18.2 Å². The van der Waals surface area contributed by atoms with E-state index in [0.29, 0.717) is 17.9 Å². The van der Waals surface area contributed by atoms with Crippen molar-refractivity contribution in [3.05, 3.63) is 59.7 Å². The Morgan fingerprint density at radius 3 is 2.61 bits per heavy atom. The van der Waals surface area contributed by atoms with Crippen LogP contribution >= 0.6 is 0 Å². The zero-order valence-corrected chi connectivity index (χ0v) is 13.8. The minimum atomic E-state index is -3.71. The van der Waals surface area contributed by atoms with Crippen LogP contribution in [0.2, 0.25) is 0 Å². The summed E-state index contributed by atoms with van der Waals surface area (Å²) >= 11 is 0. The van der Waals surface area contributed by atoms with E-state index in [1.54, 1.807) is 30.3 Å². The molecule has 23 heavy (non-hydrogen) atoms. The lowest BCUT2D eigenvalue weighted by molar-refractivity contribution is 0.0656. The lowest BCUT2D eigenvalue weighted by atomic mass is 10.2. The molecular weight excluding hydrogens is 312 g/mol. The van der Waals surface area contributed by atoms with Crippen molar-refractivity contribution in [3.8, 4) is 6.07 Å². The third-order valence-corrected chi connectivity index (χ3v) is 4.41. The molecule has 0 aromatic heterocycles. The summed E-state index contributed by atoms with van der Waals surface area (Å²) in [6.45, 7) is 4.19. The molecule has 0 atom stereocenters. The number of sulfonamides is 1. The molecule has 0 saturated heterocycles. The minimum absolute atomic E-state index is 0.0714. The van der Waals surface area contributed by atoms with Crippen molar-refractivity contribution in [1.29, 1.82) is 5.26 Å². The molecule has 0 bridgehead atoms. The smallest absolute Gasteiger partial charge is 0.261 e. The van der Waals surface area contributed by atoms with Gasteiger partial charge in [0.25, 0.3) is 10.0 Å². The fourth-order valence-corrected chi connectivity index (χ4v) is 3.05. The molecule has 0 radical (unpaired) electrons. The quantitative estimate of drug-likeness (QED) is 0.881. The number of hydrogen-bond donors (Lipinski definition) is 1. The summed E-state index contributed by atoms with van der Waals surface area (Å²) in [5.41, 5.74) is 1.53. The van der Waals surface area contributed by atoms with E-state index in [4.69, 9.17) is 10.00 Å². The molecule has 0 aliphatic rings. The van der Waals surface area contributed by atoms with Gasteiger partial charge in [0, 0.05) is 0 Å². The number of rotatable bonds is 6. The maximum atomic E-state index is 12.5.